The van der Waals surface area contributed by atoms with Crippen molar-refractivity contribution in [2.24, 2.45) is 0 Å². The number of amides is 1. The first-order chi connectivity index (χ1) is 10.1. The number of ether oxygens (including phenoxy) is 2. The molecule has 0 aliphatic carbocycles. The van der Waals surface area contributed by atoms with Crippen molar-refractivity contribution in [3.63, 3.8) is 0 Å². The molecule has 0 aromatic heterocycles. The van der Waals surface area contributed by atoms with Crippen molar-refractivity contribution < 1.29 is 14.3 Å². The van der Waals surface area contributed by atoms with Crippen molar-refractivity contribution in [1.29, 1.82) is 0 Å². The molecule has 1 N–H and O–H groups in total. The summed E-state index contributed by atoms with van der Waals surface area (Å²) < 4.78 is 10.9. The van der Waals surface area contributed by atoms with Crippen LogP contribution in [0.1, 0.15) is 10.4 Å². The van der Waals surface area contributed by atoms with Crippen LogP contribution in [0.15, 0.2) is 36.4 Å². The van der Waals surface area contributed by atoms with Crippen LogP contribution in [0.4, 0.5) is 5.69 Å². The Labute approximate surface area is 131 Å². The summed E-state index contributed by atoms with van der Waals surface area (Å²) in [5, 5.41) is 3.47. The average molecular weight is 324 g/mol. The summed E-state index contributed by atoms with van der Waals surface area (Å²) in [4.78, 5) is 12.3. The van der Waals surface area contributed by atoms with E-state index in [1.165, 1.54) is 0 Å². The topological polar surface area (TPSA) is 47.6 Å². The molecule has 108 valence electrons. The standard InChI is InChI=1S/C15H11Cl2NO3/c16-10-2-1-3-11(17)14(10)18-15(19)9-4-5-12-13(8-9)21-7-6-20-12/h1-5,8H,6-7H2,(H,18,19). The van der Waals surface area contributed by atoms with E-state index in [0.29, 0.717) is 46.0 Å². The number of hydrogen-bond donors (Lipinski definition) is 1. The van der Waals surface area contributed by atoms with Crippen LogP contribution in [0.2, 0.25) is 10.0 Å². The Morgan fingerprint density at radius 3 is 2.38 bits per heavy atom. The Balaban J connectivity index is 1.86. The van der Waals surface area contributed by atoms with E-state index in [2.05, 4.69) is 5.32 Å². The number of carbonyl (C=O) groups is 1. The Bertz CT molecular complexity index is 683. The molecule has 1 heterocycles. The van der Waals surface area contributed by atoms with E-state index in [9.17, 15) is 4.79 Å². The number of carbonyl (C=O) groups excluding carboxylic acids is 1. The molecule has 2 aromatic rings. The largest absolute Gasteiger partial charge is 0.486 e. The van der Waals surface area contributed by atoms with Gasteiger partial charge in [0.25, 0.3) is 5.91 Å². The first-order valence-electron chi connectivity index (χ1n) is 6.30. The molecule has 2 aromatic carbocycles. The van der Waals surface area contributed by atoms with Crippen molar-refractivity contribution in [3.8, 4) is 11.5 Å². The number of para-hydroxylation sites is 1. The minimum Gasteiger partial charge on any atom is -0.486 e. The lowest BCUT2D eigenvalue weighted by Crippen LogP contribution is -2.17. The number of hydrogen-bond acceptors (Lipinski definition) is 3. The van der Waals surface area contributed by atoms with E-state index in [-0.39, 0.29) is 5.91 Å². The highest BCUT2D eigenvalue weighted by Gasteiger charge is 2.16. The number of nitrogens with one attached hydrogen (secondary N) is 1. The van der Waals surface area contributed by atoms with E-state index >= 15 is 0 Å². The summed E-state index contributed by atoms with van der Waals surface area (Å²) in [6.45, 7) is 0.974. The third kappa shape index (κ3) is 2.91. The molecule has 1 amide bonds. The van der Waals surface area contributed by atoms with Crippen LogP contribution in [0.5, 0.6) is 11.5 Å². The predicted molar refractivity (Wildman–Crippen MR) is 81.8 cm³/mol. The van der Waals surface area contributed by atoms with Crippen LogP contribution >= 0.6 is 23.2 Å². The van der Waals surface area contributed by atoms with Gasteiger partial charge in [0.2, 0.25) is 0 Å². The number of benzene rings is 2. The predicted octanol–water partition coefficient (Wildman–Crippen LogP) is 4.02. The van der Waals surface area contributed by atoms with Gasteiger partial charge in [0.05, 0.1) is 15.7 Å². The molecular formula is C15H11Cl2NO3. The van der Waals surface area contributed by atoms with Crippen molar-refractivity contribution >= 4 is 34.8 Å². The molecule has 0 fully saturated rings. The summed E-state index contributed by atoms with van der Waals surface area (Å²) >= 11 is 12.1. The van der Waals surface area contributed by atoms with Gasteiger partial charge < -0.3 is 14.8 Å². The van der Waals surface area contributed by atoms with Crippen LogP contribution in [0.25, 0.3) is 0 Å². The van der Waals surface area contributed by atoms with E-state index in [1.54, 1.807) is 36.4 Å². The van der Waals surface area contributed by atoms with E-state index < -0.39 is 0 Å². The third-order valence-corrected chi connectivity index (χ3v) is 3.64. The summed E-state index contributed by atoms with van der Waals surface area (Å²) in [6, 6.07) is 10.0. The fourth-order valence-electron chi connectivity index (χ4n) is 1.99. The normalized spacial score (nSPS) is 12.9. The molecule has 0 atom stereocenters. The van der Waals surface area contributed by atoms with Gasteiger partial charge in [-0.05, 0) is 30.3 Å². The van der Waals surface area contributed by atoms with E-state index in [0.717, 1.165) is 0 Å². The maximum absolute atomic E-state index is 12.3. The number of fused-ring (bicyclic) bond motifs is 1. The molecule has 1 aliphatic heterocycles. The average Bonchev–Trinajstić information content (AvgIpc) is 2.50. The van der Waals surface area contributed by atoms with Crippen LogP contribution in [0, 0.1) is 0 Å². The third-order valence-electron chi connectivity index (χ3n) is 3.01. The minimum absolute atomic E-state index is 0.318. The molecule has 4 nitrogen and oxygen atoms in total. The number of rotatable bonds is 2. The smallest absolute Gasteiger partial charge is 0.255 e. The first-order valence-corrected chi connectivity index (χ1v) is 7.06. The van der Waals surface area contributed by atoms with Gasteiger partial charge in [-0.1, -0.05) is 29.3 Å². The molecule has 6 heteroatoms. The molecule has 21 heavy (non-hydrogen) atoms. The molecule has 0 saturated heterocycles. The quantitative estimate of drug-likeness (QED) is 0.908. The Hall–Kier alpha value is -1.91. The maximum Gasteiger partial charge on any atom is 0.255 e. The summed E-state index contributed by atoms with van der Waals surface area (Å²) in [7, 11) is 0. The summed E-state index contributed by atoms with van der Waals surface area (Å²) in [5.74, 6) is 0.870. The SMILES string of the molecule is O=C(Nc1c(Cl)cccc1Cl)c1ccc2c(c1)OCCO2. The highest BCUT2D eigenvalue weighted by Crippen LogP contribution is 2.33. The molecule has 0 radical (unpaired) electrons. The molecule has 0 bridgehead atoms. The van der Waals surface area contributed by atoms with Gasteiger partial charge in [-0.3, -0.25) is 4.79 Å². The molecule has 0 spiro atoms. The Morgan fingerprint density at radius 1 is 1.00 bits per heavy atom. The molecule has 3 rings (SSSR count). The van der Waals surface area contributed by atoms with Gasteiger partial charge in [-0.25, -0.2) is 0 Å². The van der Waals surface area contributed by atoms with E-state index in [1.807, 2.05) is 0 Å². The van der Waals surface area contributed by atoms with Gasteiger partial charge in [0.15, 0.2) is 11.5 Å². The highest BCUT2D eigenvalue weighted by atomic mass is 35.5. The zero-order valence-electron chi connectivity index (χ0n) is 10.9. The van der Waals surface area contributed by atoms with Crippen molar-refractivity contribution in [2.75, 3.05) is 18.5 Å². The first kappa shape index (κ1) is 14.0. The fraction of sp³-hybridized carbons (Fsp3) is 0.133. The lowest BCUT2D eigenvalue weighted by molar-refractivity contribution is 0.102. The van der Waals surface area contributed by atoms with Crippen molar-refractivity contribution in [1.82, 2.24) is 0 Å². The van der Waals surface area contributed by atoms with Crippen LogP contribution in [0.3, 0.4) is 0 Å². The zero-order valence-corrected chi connectivity index (χ0v) is 12.4. The monoisotopic (exact) mass is 323 g/mol. The van der Waals surface area contributed by atoms with Crippen LogP contribution < -0.4 is 14.8 Å². The molecule has 1 aliphatic rings. The molecular weight excluding hydrogens is 313 g/mol. The lowest BCUT2D eigenvalue weighted by Gasteiger charge is -2.18. The Kier molecular flexibility index (Phi) is 3.90. The molecule has 0 unspecified atom stereocenters. The number of anilines is 1. The maximum atomic E-state index is 12.3. The van der Waals surface area contributed by atoms with E-state index in [4.69, 9.17) is 32.7 Å². The lowest BCUT2D eigenvalue weighted by atomic mass is 10.1. The van der Waals surface area contributed by atoms with Crippen LogP contribution in [-0.2, 0) is 0 Å². The van der Waals surface area contributed by atoms with Crippen LogP contribution in [-0.4, -0.2) is 19.1 Å². The second-order valence-corrected chi connectivity index (χ2v) is 5.22. The van der Waals surface area contributed by atoms with Gasteiger partial charge >= 0.3 is 0 Å². The minimum atomic E-state index is -0.318. The van der Waals surface area contributed by atoms with Crippen molar-refractivity contribution in [3.05, 3.63) is 52.0 Å². The van der Waals surface area contributed by atoms with Crippen molar-refractivity contribution in [2.45, 2.75) is 0 Å². The van der Waals surface area contributed by atoms with Gasteiger partial charge in [-0.2, -0.15) is 0 Å². The second-order valence-electron chi connectivity index (χ2n) is 4.41. The van der Waals surface area contributed by atoms with Gasteiger partial charge in [0, 0.05) is 5.56 Å². The Morgan fingerprint density at radius 2 is 1.67 bits per heavy atom. The zero-order chi connectivity index (χ0) is 14.8. The summed E-state index contributed by atoms with van der Waals surface area (Å²) in [6.07, 6.45) is 0. The summed E-state index contributed by atoms with van der Waals surface area (Å²) in [5.41, 5.74) is 0.830. The number of halogens is 2. The fourth-order valence-corrected chi connectivity index (χ4v) is 2.48. The highest BCUT2D eigenvalue weighted by molar-refractivity contribution is 6.40. The second kappa shape index (κ2) is 5.84. The van der Waals surface area contributed by atoms with Gasteiger partial charge in [0.1, 0.15) is 13.2 Å². The molecule has 0 saturated carbocycles. The van der Waals surface area contributed by atoms with Gasteiger partial charge in [-0.15, -0.1) is 0 Å².